The van der Waals surface area contributed by atoms with Gasteiger partial charge in [0.2, 0.25) is 0 Å². The molecular formula is C19H39FO. The predicted molar refractivity (Wildman–Crippen MR) is 91.7 cm³/mol. The third-order valence-electron chi connectivity index (χ3n) is 3.99. The smallest absolute Gasteiger partial charge is 0.0973 e. The van der Waals surface area contributed by atoms with Crippen LogP contribution in [0.5, 0.6) is 0 Å². The van der Waals surface area contributed by atoms with E-state index in [4.69, 9.17) is 4.74 Å². The number of hydrogen-bond donors (Lipinski definition) is 0. The van der Waals surface area contributed by atoms with Gasteiger partial charge in [0.15, 0.2) is 0 Å². The number of halogens is 1. The predicted octanol–water partition coefficient (Wildman–Crippen LogP) is 6.84. The highest BCUT2D eigenvalue weighted by Gasteiger charge is 1.97. The molecule has 0 aliphatic heterocycles. The second-order valence-electron chi connectivity index (χ2n) is 6.42. The molecule has 0 aromatic heterocycles. The van der Waals surface area contributed by atoms with Crippen molar-refractivity contribution in [2.24, 2.45) is 0 Å². The SMILES string of the molecule is CCCOCCCCCCCCCCCCCCC(C)F. The average molecular weight is 303 g/mol. The Morgan fingerprint density at radius 3 is 1.52 bits per heavy atom. The topological polar surface area (TPSA) is 9.23 Å². The van der Waals surface area contributed by atoms with Gasteiger partial charge in [-0.25, -0.2) is 4.39 Å². The Morgan fingerprint density at radius 2 is 1.10 bits per heavy atom. The molecule has 0 N–H and O–H groups in total. The van der Waals surface area contributed by atoms with E-state index in [9.17, 15) is 4.39 Å². The van der Waals surface area contributed by atoms with Crippen LogP contribution in [0.1, 0.15) is 104 Å². The quantitative estimate of drug-likeness (QED) is 0.267. The van der Waals surface area contributed by atoms with Gasteiger partial charge in [-0.2, -0.15) is 0 Å². The minimum atomic E-state index is -0.608. The van der Waals surface area contributed by atoms with Crippen LogP contribution in [0.15, 0.2) is 0 Å². The van der Waals surface area contributed by atoms with Crippen LogP contribution in [0.2, 0.25) is 0 Å². The maximum absolute atomic E-state index is 12.6. The zero-order valence-electron chi connectivity index (χ0n) is 14.7. The first kappa shape index (κ1) is 20.9. The van der Waals surface area contributed by atoms with E-state index < -0.39 is 6.17 Å². The molecular weight excluding hydrogens is 263 g/mol. The minimum absolute atomic E-state index is 0.608. The van der Waals surface area contributed by atoms with Gasteiger partial charge in [-0.1, -0.05) is 77.6 Å². The molecule has 0 aromatic rings. The molecule has 0 aromatic carbocycles. The summed E-state index contributed by atoms with van der Waals surface area (Å²) in [4.78, 5) is 0. The second kappa shape index (κ2) is 17.9. The summed E-state index contributed by atoms with van der Waals surface area (Å²) in [7, 11) is 0. The van der Waals surface area contributed by atoms with E-state index in [-0.39, 0.29) is 0 Å². The lowest BCUT2D eigenvalue weighted by atomic mass is 10.0. The monoisotopic (exact) mass is 302 g/mol. The fourth-order valence-corrected chi connectivity index (χ4v) is 2.64. The van der Waals surface area contributed by atoms with Gasteiger partial charge in [0.05, 0.1) is 6.17 Å². The normalized spacial score (nSPS) is 12.7. The molecule has 0 amide bonds. The van der Waals surface area contributed by atoms with E-state index in [1.807, 2.05) is 0 Å². The summed E-state index contributed by atoms with van der Waals surface area (Å²) >= 11 is 0. The van der Waals surface area contributed by atoms with Crippen molar-refractivity contribution >= 4 is 0 Å². The molecule has 1 nitrogen and oxygen atoms in total. The Morgan fingerprint density at radius 1 is 0.667 bits per heavy atom. The van der Waals surface area contributed by atoms with Crippen molar-refractivity contribution < 1.29 is 9.13 Å². The summed E-state index contributed by atoms with van der Waals surface area (Å²) < 4.78 is 18.1. The Balaban J connectivity index is 2.93. The van der Waals surface area contributed by atoms with Crippen LogP contribution < -0.4 is 0 Å². The van der Waals surface area contributed by atoms with E-state index in [2.05, 4.69) is 6.92 Å². The molecule has 2 heteroatoms. The molecule has 0 heterocycles. The van der Waals surface area contributed by atoms with E-state index in [0.29, 0.717) is 0 Å². The van der Waals surface area contributed by atoms with E-state index in [1.54, 1.807) is 6.92 Å². The maximum atomic E-state index is 12.6. The van der Waals surface area contributed by atoms with Crippen LogP contribution in [0.25, 0.3) is 0 Å². The van der Waals surface area contributed by atoms with Gasteiger partial charge < -0.3 is 4.74 Å². The summed E-state index contributed by atoms with van der Waals surface area (Å²) in [6, 6.07) is 0. The van der Waals surface area contributed by atoms with Crippen molar-refractivity contribution in [1.82, 2.24) is 0 Å². The van der Waals surface area contributed by atoms with Crippen molar-refractivity contribution in [1.29, 1.82) is 0 Å². The third kappa shape index (κ3) is 19.9. The van der Waals surface area contributed by atoms with Gasteiger partial charge >= 0.3 is 0 Å². The Labute approximate surface area is 133 Å². The zero-order valence-corrected chi connectivity index (χ0v) is 14.7. The number of alkyl halides is 1. The average Bonchev–Trinajstić information content (AvgIpc) is 2.46. The van der Waals surface area contributed by atoms with E-state index in [0.717, 1.165) is 32.5 Å². The highest BCUT2D eigenvalue weighted by atomic mass is 19.1. The lowest BCUT2D eigenvalue weighted by molar-refractivity contribution is 0.130. The van der Waals surface area contributed by atoms with Gasteiger partial charge in [0.1, 0.15) is 0 Å². The van der Waals surface area contributed by atoms with Crippen LogP contribution in [0.4, 0.5) is 4.39 Å². The van der Waals surface area contributed by atoms with Crippen molar-refractivity contribution in [3.05, 3.63) is 0 Å². The standard InChI is InChI=1S/C19H39FO/c1-3-17-21-18-15-13-11-9-7-5-4-6-8-10-12-14-16-19(2)20/h19H,3-18H2,1-2H3. The highest BCUT2D eigenvalue weighted by molar-refractivity contribution is 4.51. The number of rotatable bonds is 17. The first-order valence-electron chi connectivity index (χ1n) is 9.49. The van der Waals surface area contributed by atoms with Crippen molar-refractivity contribution in [3.8, 4) is 0 Å². The molecule has 0 aliphatic rings. The second-order valence-corrected chi connectivity index (χ2v) is 6.42. The van der Waals surface area contributed by atoms with Gasteiger partial charge in [-0.05, 0) is 26.2 Å². The largest absolute Gasteiger partial charge is 0.381 e. The molecule has 0 bridgehead atoms. The number of unbranched alkanes of at least 4 members (excludes halogenated alkanes) is 11. The van der Waals surface area contributed by atoms with Crippen molar-refractivity contribution in [2.75, 3.05) is 13.2 Å². The fraction of sp³-hybridized carbons (Fsp3) is 1.00. The lowest BCUT2D eigenvalue weighted by Crippen LogP contribution is -1.95. The molecule has 21 heavy (non-hydrogen) atoms. The summed E-state index contributed by atoms with van der Waals surface area (Å²) in [5.74, 6) is 0. The summed E-state index contributed by atoms with van der Waals surface area (Å²) in [5, 5.41) is 0. The maximum Gasteiger partial charge on any atom is 0.0973 e. The van der Waals surface area contributed by atoms with Crippen LogP contribution in [0.3, 0.4) is 0 Å². The Kier molecular flexibility index (Phi) is 17.8. The molecule has 0 fully saturated rings. The summed E-state index contributed by atoms with van der Waals surface area (Å²) in [6.45, 7) is 5.70. The molecule has 0 aliphatic carbocycles. The van der Waals surface area contributed by atoms with Gasteiger partial charge in [0, 0.05) is 13.2 Å². The van der Waals surface area contributed by atoms with Gasteiger partial charge in [0.25, 0.3) is 0 Å². The van der Waals surface area contributed by atoms with Crippen LogP contribution in [0, 0.1) is 0 Å². The summed E-state index contributed by atoms with van der Waals surface area (Å²) in [5.41, 5.74) is 0. The highest BCUT2D eigenvalue weighted by Crippen LogP contribution is 2.13. The molecule has 1 atom stereocenters. The van der Waals surface area contributed by atoms with Gasteiger partial charge in [-0.3, -0.25) is 0 Å². The Bertz CT molecular complexity index is 182. The molecule has 0 rings (SSSR count). The van der Waals surface area contributed by atoms with Crippen LogP contribution >= 0.6 is 0 Å². The van der Waals surface area contributed by atoms with Gasteiger partial charge in [-0.15, -0.1) is 0 Å². The van der Waals surface area contributed by atoms with Crippen LogP contribution in [-0.4, -0.2) is 19.4 Å². The molecule has 0 saturated carbocycles. The molecule has 128 valence electrons. The van der Waals surface area contributed by atoms with E-state index in [1.165, 1.54) is 70.6 Å². The number of ether oxygens (including phenoxy) is 1. The van der Waals surface area contributed by atoms with E-state index >= 15 is 0 Å². The zero-order chi connectivity index (χ0) is 15.6. The fourth-order valence-electron chi connectivity index (χ4n) is 2.64. The minimum Gasteiger partial charge on any atom is -0.381 e. The number of hydrogen-bond acceptors (Lipinski definition) is 1. The molecule has 0 spiro atoms. The first-order valence-corrected chi connectivity index (χ1v) is 9.49. The Hall–Kier alpha value is -0.110. The van der Waals surface area contributed by atoms with Crippen molar-refractivity contribution in [3.63, 3.8) is 0 Å². The van der Waals surface area contributed by atoms with Crippen molar-refractivity contribution in [2.45, 2.75) is 110 Å². The summed E-state index contributed by atoms with van der Waals surface area (Å²) in [6.07, 6.45) is 17.1. The molecule has 0 radical (unpaired) electrons. The third-order valence-corrected chi connectivity index (χ3v) is 3.99. The molecule has 0 saturated heterocycles. The molecule has 1 unspecified atom stereocenters. The lowest BCUT2D eigenvalue weighted by Gasteiger charge is -2.04. The van der Waals surface area contributed by atoms with Crippen LogP contribution in [-0.2, 0) is 4.74 Å². The first-order chi connectivity index (χ1) is 10.3.